The second kappa shape index (κ2) is 10.8. The van der Waals surface area contributed by atoms with Gasteiger partial charge in [0.15, 0.2) is 5.69 Å². The molecule has 0 aliphatic rings. The van der Waals surface area contributed by atoms with E-state index >= 15 is 0 Å². The Hall–Kier alpha value is -2.96. The van der Waals surface area contributed by atoms with Crippen LogP contribution in [-0.2, 0) is 12.7 Å². The molecule has 0 bridgehead atoms. The van der Waals surface area contributed by atoms with Gasteiger partial charge in [0.25, 0.3) is 5.89 Å². The predicted molar refractivity (Wildman–Crippen MR) is 134 cm³/mol. The fourth-order valence-corrected chi connectivity index (χ4v) is 4.82. The van der Waals surface area contributed by atoms with Gasteiger partial charge in [0.05, 0.1) is 16.4 Å². The van der Waals surface area contributed by atoms with Crippen LogP contribution in [0.15, 0.2) is 71.4 Å². The van der Waals surface area contributed by atoms with E-state index in [0.717, 1.165) is 5.56 Å². The van der Waals surface area contributed by atoms with Crippen molar-refractivity contribution in [1.82, 2.24) is 19.9 Å². The van der Waals surface area contributed by atoms with Crippen molar-refractivity contribution in [3.63, 3.8) is 0 Å². The Balaban J connectivity index is 0.00000320. The molecule has 0 aliphatic carbocycles. The molecule has 0 atom stereocenters. The predicted octanol–water partition coefficient (Wildman–Crippen LogP) is 6.10. The van der Waals surface area contributed by atoms with E-state index in [1.165, 1.54) is 23.0 Å². The topological polar surface area (TPSA) is 94.0 Å². The zero-order valence-corrected chi connectivity index (χ0v) is 19.6. The number of rotatable bonds is 6. The third-order valence-corrected chi connectivity index (χ3v) is 6.67. The van der Waals surface area contributed by atoms with Gasteiger partial charge < -0.3 is 9.63 Å². The Bertz CT molecular complexity index is 1570. The van der Waals surface area contributed by atoms with Crippen LogP contribution in [-0.4, -0.2) is 60.6 Å². The molecule has 5 rings (SSSR count). The van der Waals surface area contributed by atoms with Crippen LogP contribution >= 0.6 is 22.9 Å². The number of carboxylic acid groups (broad SMARTS) is 1. The SMILES string of the molecule is O=C(O)c1ccn(Cc2ccc(-c3noc(-c4cc(-c5ccccc5)c(C(F)(F)F)s4)n3)c(Cl)c2)n1.[NaH]. The summed E-state index contributed by atoms with van der Waals surface area (Å²) in [5.74, 6) is -1.06. The van der Waals surface area contributed by atoms with Crippen molar-refractivity contribution in [2.24, 2.45) is 0 Å². The van der Waals surface area contributed by atoms with Crippen molar-refractivity contribution in [3.05, 3.63) is 88.0 Å². The molecule has 0 aliphatic heterocycles. The second-order valence-electron chi connectivity index (χ2n) is 7.66. The summed E-state index contributed by atoms with van der Waals surface area (Å²) in [6, 6.07) is 16.1. The molecule has 0 saturated carbocycles. The van der Waals surface area contributed by atoms with Crippen LogP contribution in [0.4, 0.5) is 13.2 Å². The van der Waals surface area contributed by atoms with Gasteiger partial charge in [-0.2, -0.15) is 23.3 Å². The van der Waals surface area contributed by atoms with Crippen LogP contribution in [0.1, 0.15) is 20.9 Å². The molecule has 7 nitrogen and oxygen atoms in total. The van der Waals surface area contributed by atoms with Crippen LogP contribution < -0.4 is 0 Å². The number of alkyl halides is 3. The van der Waals surface area contributed by atoms with E-state index in [9.17, 15) is 18.0 Å². The normalized spacial score (nSPS) is 11.4. The average molecular weight is 555 g/mol. The standard InChI is InChI=1S/C24H14ClF3N4O3S.Na.H/c25-17-10-13(12-32-9-8-18(30-32)23(33)34)6-7-15(17)21-29-22(35-31-21)19-11-16(14-4-2-1-3-5-14)20(36-19)24(26,27)28;;/h1-11H,12H2,(H,33,34);;. The van der Waals surface area contributed by atoms with Gasteiger partial charge in [-0.3, -0.25) is 4.68 Å². The molecule has 1 N–H and O–H groups in total. The summed E-state index contributed by atoms with van der Waals surface area (Å²) in [4.78, 5) is 14.7. The van der Waals surface area contributed by atoms with Crippen LogP contribution in [0.5, 0.6) is 0 Å². The van der Waals surface area contributed by atoms with Crippen LogP contribution in [0.25, 0.3) is 33.3 Å². The zero-order valence-electron chi connectivity index (χ0n) is 18.0. The van der Waals surface area contributed by atoms with Crippen molar-refractivity contribution >= 4 is 58.5 Å². The molecule has 5 aromatic rings. The summed E-state index contributed by atoms with van der Waals surface area (Å²) in [6.07, 6.45) is -3.01. The summed E-state index contributed by atoms with van der Waals surface area (Å²) in [5.41, 5.74) is 1.56. The van der Waals surface area contributed by atoms with Gasteiger partial charge in [-0.15, -0.1) is 11.3 Å². The Morgan fingerprint density at radius 3 is 2.49 bits per heavy atom. The van der Waals surface area contributed by atoms with E-state index in [-0.39, 0.29) is 69.0 Å². The van der Waals surface area contributed by atoms with Gasteiger partial charge in [0, 0.05) is 17.3 Å². The first-order valence-corrected chi connectivity index (χ1v) is 11.5. The maximum atomic E-state index is 13.7. The minimum atomic E-state index is -4.55. The van der Waals surface area contributed by atoms with Gasteiger partial charge in [-0.05, 0) is 35.4 Å². The molecular weight excluding hydrogens is 540 g/mol. The van der Waals surface area contributed by atoms with Gasteiger partial charge in [-0.25, -0.2) is 4.79 Å². The van der Waals surface area contributed by atoms with Crippen molar-refractivity contribution in [1.29, 1.82) is 0 Å². The van der Waals surface area contributed by atoms with E-state index in [2.05, 4.69) is 15.2 Å². The van der Waals surface area contributed by atoms with Crippen LogP contribution in [0.2, 0.25) is 5.02 Å². The Morgan fingerprint density at radius 1 is 1.08 bits per heavy atom. The van der Waals surface area contributed by atoms with Crippen LogP contribution in [0.3, 0.4) is 0 Å². The van der Waals surface area contributed by atoms with Gasteiger partial charge >= 0.3 is 41.7 Å². The van der Waals surface area contributed by atoms with Crippen LogP contribution in [0, 0.1) is 0 Å². The summed E-state index contributed by atoms with van der Waals surface area (Å²) in [5, 5.41) is 17.1. The molecule has 184 valence electrons. The Kier molecular flexibility index (Phi) is 7.91. The monoisotopic (exact) mass is 554 g/mol. The van der Waals surface area contributed by atoms with E-state index in [4.69, 9.17) is 21.2 Å². The number of hydrogen-bond acceptors (Lipinski definition) is 6. The average Bonchev–Trinajstić information content (AvgIpc) is 3.59. The van der Waals surface area contributed by atoms with Crippen molar-refractivity contribution in [2.75, 3.05) is 0 Å². The van der Waals surface area contributed by atoms with E-state index in [0.29, 0.717) is 22.5 Å². The maximum absolute atomic E-state index is 13.7. The number of halogens is 4. The molecule has 3 heterocycles. The fraction of sp³-hybridized carbons (Fsp3) is 0.0833. The van der Waals surface area contributed by atoms with E-state index < -0.39 is 17.0 Å². The first kappa shape index (κ1) is 27.1. The molecule has 13 heteroatoms. The molecule has 0 unspecified atom stereocenters. The molecule has 37 heavy (non-hydrogen) atoms. The summed E-state index contributed by atoms with van der Waals surface area (Å²) in [7, 11) is 0. The summed E-state index contributed by atoms with van der Waals surface area (Å²) in [6.45, 7) is 0.280. The molecule has 0 radical (unpaired) electrons. The number of thiophene rings is 1. The quantitative estimate of drug-likeness (QED) is 0.255. The summed E-state index contributed by atoms with van der Waals surface area (Å²) >= 11 is 6.95. The second-order valence-corrected chi connectivity index (χ2v) is 9.12. The minimum absolute atomic E-state index is 0. The molecule has 2 aromatic carbocycles. The van der Waals surface area contributed by atoms with Gasteiger partial charge in [0.1, 0.15) is 4.88 Å². The molecular formula is C24H15ClF3N4NaO3S. The third-order valence-electron chi connectivity index (χ3n) is 5.19. The molecule has 0 fully saturated rings. The number of aromatic nitrogens is 4. The Morgan fingerprint density at radius 2 is 1.84 bits per heavy atom. The Labute approximate surface area is 238 Å². The molecule has 3 aromatic heterocycles. The first-order chi connectivity index (χ1) is 17.2. The molecule has 0 amide bonds. The van der Waals surface area contributed by atoms with Crippen molar-refractivity contribution in [2.45, 2.75) is 12.7 Å². The van der Waals surface area contributed by atoms with Gasteiger partial charge in [-0.1, -0.05) is 53.2 Å². The summed E-state index contributed by atoms with van der Waals surface area (Å²) < 4.78 is 47.9. The number of nitrogens with zero attached hydrogens (tertiary/aromatic N) is 4. The van der Waals surface area contributed by atoms with Crippen molar-refractivity contribution < 1.29 is 27.6 Å². The molecule has 0 spiro atoms. The van der Waals surface area contributed by atoms with E-state index in [1.54, 1.807) is 48.5 Å². The number of aromatic carboxylic acids is 1. The zero-order chi connectivity index (χ0) is 25.4. The number of benzene rings is 2. The fourth-order valence-electron chi connectivity index (χ4n) is 3.56. The third kappa shape index (κ3) is 5.81. The number of hydrogen-bond donors (Lipinski definition) is 1. The number of carboxylic acids is 1. The van der Waals surface area contributed by atoms with Crippen molar-refractivity contribution in [3.8, 4) is 33.3 Å². The van der Waals surface area contributed by atoms with E-state index in [1.807, 2.05) is 0 Å². The number of carbonyl (C=O) groups is 1. The molecule has 0 saturated heterocycles. The first-order valence-electron chi connectivity index (χ1n) is 10.3. The van der Waals surface area contributed by atoms with Gasteiger partial charge in [0.2, 0.25) is 5.82 Å².